The van der Waals surface area contributed by atoms with Crippen molar-refractivity contribution >= 4 is 17.7 Å². The van der Waals surface area contributed by atoms with Gasteiger partial charge in [0.05, 0.1) is 13.2 Å². The number of hydrogen-bond donors (Lipinski definition) is 1. The zero-order chi connectivity index (χ0) is 16.2. The molecule has 0 bridgehead atoms. The van der Waals surface area contributed by atoms with Gasteiger partial charge in [0.2, 0.25) is 5.91 Å². The normalized spacial score (nSPS) is 16.0. The number of nitrogens with zero attached hydrogens (tertiary/aromatic N) is 2. The van der Waals surface area contributed by atoms with E-state index in [4.69, 9.17) is 4.74 Å². The minimum atomic E-state index is -0.132. The maximum absolute atomic E-state index is 12.1. The molecule has 1 aromatic heterocycles. The van der Waals surface area contributed by atoms with Crippen molar-refractivity contribution in [2.45, 2.75) is 24.2 Å². The molecule has 2 heterocycles. The van der Waals surface area contributed by atoms with Gasteiger partial charge in [0.15, 0.2) is 5.16 Å². The number of hydrogen-bond acceptors (Lipinski definition) is 5. The predicted octanol–water partition coefficient (Wildman–Crippen LogP) is 1.61. The molecule has 0 saturated heterocycles. The summed E-state index contributed by atoms with van der Waals surface area (Å²) >= 11 is 1.51. The lowest BCUT2D eigenvalue weighted by Crippen LogP contribution is -2.30. The number of thioether (sulfide) groups is 1. The summed E-state index contributed by atoms with van der Waals surface area (Å²) in [6.07, 6.45) is 1.79. The van der Waals surface area contributed by atoms with E-state index < -0.39 is 0 Å². The van der Waals surface area contributed by atoms with E-state index in [1.165, 1.54) is 24.0 Å². The molecule has 0 saturated carbocycles. The third-order valence-corrected chi connectivity index (χ3v) is 4.80. The monoisotopic (exact) mass is 331 g/mol. The van der Waals surface area contributed by atoms with Gasteiger partial charge in [-0.25, -0.2) is 4.98 Å². The second-order valence-corrected chi connectivity index (χ2v) is 6.22. The maximum atomic E-state index is 12.1. The SMILES string of the molecule is COc1ccc(CNC(=O)CC2CSc3nccc(=O)n32)cc1. The van der Waals surface area contributed by atoms with Crippen molar-refractivity contribution in [3.05, 3.63) is 52.4 Å². The van der Waals surface area contributed by atoms with Crippen molar-refractivity contribution in [1.82, 2.24) is 14.9 Å². The number of rotatable bonds is 5. The smallest absolute Gasteiger partial charge is 0.254 e. The highest BCUT2D eigenvalue weighted by atomic mass is 32.2. The van der Waals surface area contributed by atoms with Crippen LogP contribution in [-0.2, 0) is 11.3 Å². The van der Waals surface area contributed by atoms with Crippen molar-refractivity contribution in [2.75, 3.05) is 12.9 Å². The first-order valence-corrected chi connectivity index (χ1v) is 8.26. The third-order valence-electron chi connectivity index (χ3n) is 3.69. The second-order valence-electron chi connectivity index (χ2n) is 5.23. The van der Waals surface area contributed by atoms with Crippen LogP contribution in [0.15, 0.2) is 46.5 Å². The van der Waals surface area contributed by atoms with Gasteiger partial charge in [0.1, 0.15) is 5.75 Å². The van der Waals surface area contributed by atoms with Gasteiger partial charge in [-0.05, 0) is 17.7 Å². The molecule has 2 aromatic rings. The Morgan fingerprint density at radius 1 is 1.39 bits per heavy atom. The molecule has 3 rings (SSSR count). The fourth-order valence-electron chi connectivity index (χ4n) is 2.47. The van der Waals surface area contributed by atoms with E-state index in [1.807, 2.05) is 24.3 Å². The van der Waals surface area contributed by atoms with Gasteiger partial charge < -0.3 is 10.1 Å². The highest BCUT2D eigenvalue weighted by molar-refractivity contribution is 7.99. The summed E-state index contributed by atoms with van der Waals surface area (Å²) < 4.78 is 6.71. The summed E-state index contributed by atoms with van der Waals surface area (Å²) in [6, 6.07) is 8.83. The Kier molecular flexibility index (Phi) is 4.66. The van der Waals surface area contributed by atoms with Gasteiger partial charge in [-0.3, -0.25) is 14.2 Å². The Morgan fingerprint density at radius 2 is 2.17 bits per heavy atom. The molecule has 1 atom stereocenters. The molecule has 23 heavy (non-hydrogen) atoms. The molecule has 1 unspecified atom stereocenters. The quantitative estimate of drug-likeness (QED) is 0.843. The number of methoxy groups -OCH3 is 1. The number of fused-ring (bicyclic) bond motifs is 1. The molecular formula is C16H17N3O3S. The van der Waals surface area contributed by atoms with Gasteiger partial charge in [-0.1, -0.05) is 23.9 Å². The zero-order valence-corrected chi connectivity index (χ0v) is 13.5. The van der Waals surface area contributed by atoms with Gasteiger partial charge in [0.25, 0.3) is 5.56 Å². The molecule has 1 aromatic carbocycles. The largest absolute Gasteiger partial charge is 0.497 e. The standard InChI is InChI=1S/C16H17N3O3S/c1-22-13-4-2-11(3-5-13)9-18-14(20)8-12-10-23-16-17-7-6-15(21)19(12)16/h2-7,12H,8-10H2,1H3,(H,18,20). The van der Waals surface area contributed by atoms with E-state index in [2.05, 4.69) is 10.3 Å². The first-order valence-electron chi connectivity index (χ1n) is 7.27. The van der Waals surface area contributed by atoms with Crippen LogP contribution in [-0.4, -0.2) is 28.3 Å². The average Bonchev–Trinajstić information content (AvgIpc) is 2.98. The van der Waals surface area contributed by atoms with Gasteiger partial charge in [-0.2, -0.15) is 0 Å². The van der Waals surface area contributed by atoms with Crippen LogP contribution in [0, 0.1) is 0 Å². The van der Waals surface area contributed by atoms with Crippen LogP contribution < -0.4 is 15.6 Å². The fraction of sp³-hybridized carbons (Fsp3) is 0.312. The van der Waals surface area contributed by atoms with E-state index in [0.29, 0.717) is 17.5 Å². The zero-order valence-electron chi connectivity index (χ0n) is 12.7. The van der Waals surface area contributed by atoms with E-state index in [-0.39, 0.29) is 23.9 Å². The van der Waals surface area contributed by atoms with Crippen LogP contribution in [0.4, 0.5) is 0 Å². The molecule has 1 aliphatic rings. The molecule has 1 N–H and O–H groups in total. The predicted molar refractivity (Wildman–Crippen MR) is 87.7 cm³/mol. The summed E-state index contributed by atoms with van der Waals surface area (Å²) in [5.41, 5.74) is 0.895. The number of carbonyl (C=O) groups excluding carboxylic acids is 1. The first-order chi connectivity index (χ1) is 11.2. The Bertz CT molecular complexity index is 758. The number of amides is 1. The number of carbonyl (C=O) groups is 1. The molecule has 1 aliphatic heterocycles. The van der Waals surface area contributed by atoms with Gasteiger partial charge >= 0.3 is 0 Å². The highest BCUT2D eigenvalue weighted by Gasteiger charge is 2.26. The maximum Gasteiger partial charge on any atom is 0.254 e. The number of aromatic nitrogens is 2. The lowest BCUT2D eigenvalue weighted by atomic mass is 10.2. The lowest BCUT2D eigenvalue weighted by molar-refractivity contribution is -0.121. The molecule has 7 heteroatoms. The van der Waals surface area contributed by atoms with E-state index >= 15 is 0 Å². The van der Waals surface area contributed by atoms with Crippen molar-refractivity contribution in [3.8, 4) is 5.75 Å². The van der Waals surface area contributed by atoms with Crippen LogP contribution >= 0.6 is 11.8 Å². The topological polar surface area (TPSA) is 73.2 Å². The fourth-order valence-corrected chi connectivity index (χ4v) is 3.59. The lowest BCUT2D eigenvalue weighted by Gasteiger charge is -2.13. The molecule has 0 fully saturated rings. The Morgan fingerprint density at radius 3 is 2.91 bits per heavy atom. The van der Waals surface area contributed by atoms with E-state index in [0.717, 1.165) is 11.3 Å². The Labute approximate surface area is 137 Å². The highest BCUT2D eigenvalue weighted by Crippen LogP contribution is 2.31. The van der Waals surface area contributed by atoms with Crippen molar-refractivity contribution in [2.24, 2.45) is 0 Å². The minimum Gasteiger partial charge on any atom is -0.497 e. The van der Waals surface area contributed by atoms with Gasteiger partial charge in [-0.15, -0.1) is 0 Å². The molecular weight excluding hydrogens is 314 g/mol. The van der Waals surface area contributed by atoms with Crippen LogP contribution in [0.5, 0.6) is 5.75 Å². The minimum absolute atomic E-state index is 0.0741. The summed E-state index contributed by atoms with van der Waals surface area (Å²) in [6.45, 7) is 0.456. The number of ether oxygens (including phenoxy) is 1. The van der Waals surface area contributed by atoms with Crippen LogP contribution in [0.3, 0.4) is 0 Å². The van der Waals surface area contributed by atoms with Crippen LogP contribution in [0.25, 0.3) is 0 Å². The number of benzene rings is 1. The number of nitrogens with one attached hydrogen (secondary N) is 1. The van der Waals surface area contributed by atoms with Crippen molar-refractivity contribution in [3.63, 3.8) is 0 Å². The molecule has 0 radical (unpaired) electrons. The summed E-state index contributed by atoms with van der Waals surface area (Å²) in [5.74, 6) is 1.41. The summed E-state index contributed by atoms with van der Waals surface area (Å²) in [5, 5.41) is 3.57. The molecule has 0 aliphatic carbocycles. The molecule has 0 spiro atoms. The van der Waals surface area contributed by atoms with Crippen LogP contribution in [0.2, 0.25) is 0 Å². The van der Waals surface area contributed by atoms with E-state index in [9.17, 15) is 9.59 Å². The second kappa shape index (κ2) is 6.87. The molecule has 6 nitrogen and oxygen atoms in total. The Balaban J connectivity index is 1.57. The Hall–Kier alpha value is -2.28. The third kappa shape index (κ3) is 3.56. The average molecular weight is 331 g/mol. The van der Waals surface area contributed by atoms with E-state index in [1.54, 1.807) is 11.7 Å². The summed E-state index contributed by atoms with van der Waals surface area (Å²) in [4.78, 5) is 28.2. The molecule has 120 valence electrons. The van der Waals surface area contributed by atoms with Gasteiger partial charge in [0, 0.05) is 31.0 Å². The van der Waals surface area contributed by atoms with Crippen molar-refractivity contribution in [1.29, 1.82) is 0 Å². The molecule has 1 amide bonds. The summed E-state index contributed by atoms with van der Waals surface area (Å²) in [7, 11) is 1.62. The van der Waals surface area contributed by atoms with Crippen molar-refractivity contribution < 1.29 is 9.53 Å². The van der Waals surface area contributed by atoms with Crippen LogP contribution in [0.1, 0.15) is 18.0 Å². The first kappa shape index (κ1) is 15.6.